The number of halogens is 1. The number of H-pyrrole nitrogens is 1. The van der Waals surface area contributed by atoms with Crippen LogP contribution in [-0.2, 0) is 4.79 Å². The summed E-state index contributed by atoms with van der Waals surface area (Å²) in [5, 5.41) is 2.87. The van der Waals surface area contributed by atoms with Crippen LogP contribution in [-0.4, -0.2) is 21.8 Å². The first kappa shape index (κ1) is 12.9. The van der Waals surface area contributed by atoms with Gasteiger partial charge < -0.3 is 10.3 Å². The van der Waals surface area contributed by atoms with Crippen LogP contribution in [0.15, 0.2) is 18.2 Å². The standard InChI is InChI=1S/C13H16ClN3O/c1-9-15-11-6-5-10(8-12(11)16-9)17-13(18)4-2-3-7-14/h5-6,8H,2-4,7H2,1H3,(H,15,16)(H,17,18). The van der Waals surface area contributed by atoms with Gasteiger partial charge in [0.15, 0.2) is 0 Å². The molecule has 0 radical (unpaired) electrons. The van der Waals surface area contributed by atoms with Gasteiger partial charge in [-0.2, -0.15) is 0 Å². The van der Waals surface area contributed by atoms with Gasteiger partial charge in [-0.3, -0.25) is 4.79 Å². The second kappa shape index (κ2) is 5.87. The van der Waals surface area contributed by atoms with E-state index in [1.54, 1.807) is 0 Å². The Hall–Kier alpha value is -1.55. The van der Waals surface area contributed by atoms with Crippen LogP contribution >= 0.6 is 11.6 Å². The highest BCUT2D eigenvalue weighted by atomic mass is 35.5. The first-order chi connectivity index (χ1) is 8.69. The number of aryl methyl sites for hydroxylation is 1. The van der Waals surface area contributed by atoms with Crippen LogP contribution in [0.25, 0.3) is 11.0 Å². The molecule has 0 spiro atoms. The molecule has 1 aromatic heterocycles. The summed E-state index contributed by atoms with van der Waals surface area (Å²) in [6.45, 7) is 1.91. The number of amides is 1. The Labute approximate surface area is 111 Å². The van der Waals surface area contributed by atoms with Gasteiger partial charge in [0.25, 0.3) is 0 Å². The molecule has 0 fully saturated rings. The van der Waals surface area contributed by atoms with Crippen LogP contribution < -0.4 is 5.32 Å². The number of anilines is 1. The molecular formula is C13H16ClN3O. The van der Waals surface area contributed by atoms with Gasteiger partial charge in [-0.15, -0.1) is 11.6 Å². The van der Waals surface area contributed by atoms with Crippen molar-refractivity contribution >= 4 is 34.2 Å². The van der Waals surface area contributed by atoms with Gasteiger partial charge in [0.2, 0.25) is 5.91 Å². The quantitative estimate of drug-likeness (QED) is 0.644. The number of carbonyl (C=O) groups is 1. The molecule has 1 heterocycles. The van der Waals surface area contributed by atoms with Gasteiger partial charge in [0, 0.05) is 18.0 Å². The number of hydrogen-bond donors (Lipinski definition) is 2. The number of fused-ring (bicyclic) bond motifs is 1. The topological polar surface area (TPSA) is 57.8 Å². The summed E-state index contributed by atoms with van der Waals surface area (Å²) >= 11 is 5.57. The highest BCUT2D eigenvalue weighted by Crippen LogP contribution is 2.17. The maximum atomic E-state index is 11.6. The molecule has 2 rings (SSSR count). The number of unbranched alkanes of at least 4 members (excludes halogenated alkanes) is 1. The molecule has 0 saturated carbocycles. The lowest BCUT2D eigenvalue weighted by Gasteiger charge is -2.04. The van der Waals surface area contributed by atoms with Gasteiger partial charge in [0.1, 0.15) is 5.82 Å². The van der Waals surface area contributed by atoms with Crippen molar-refractivity contribution in [3.63, 3.8) is 0 Å². The number of rotatable bonds is 5. The summed E-state index contributed by atoms with van der Waals surface area (Å²) in [6.07, 6.45) is 2.20. The fourth-order valence-corrected chi connectivity index (χ4v) is 2.01. The second-order valence-corrected chi connectivity index (χ2v) is 4.63. The fraction of sp³-hybridized carbons (Fsp3) is 0.385. The van der Waals surface area contributed by atoms with E-state index in [2.05, 4.69) is 15.3 Å². The summed E-state index contributed by atoms with van der Waals surface area (Å²) in [4.78, 5) is 19.1. The van der Waals surface area contributed by atoms with Crippen LogP contribution in [0.4, 0.5) is 5.69 Å². The molecule has 1 aromatic carbocycles. The number of nitrogens with one attached hydrogen (secondary N) is 2. The Balaban J connectivity index is 2.00. The van der Waals surface area contributed by atoms with Crippen LogP contribution in [0.1, 0.15) is 25.1 Å². The third-order valence-corrected chi connectivity index (χ3v) is 2.94. The van der Waals surface area contributed by atoms with Gasteiger partial charge >= 0.3 is 0 Å². The van der Waals surface area contributed by atoms with Crippen molar-refractivity contribution in [1.82, 2.24) is 9.97 Å². The number of nitrogens with zero attached hydrogens (tertiary/aromatic N) is 1. The monoisotopic (exact) mass is 265 g/mol. The summed E-state index contributed by atoms with van der Waals surface area (Å²) in [7, 11) is 0. The van der Waals surface area contributed by atoms with Crippen LogP contribution in [0.3, 0.4) is 0 Å². The Morgan fingerprint density at radius 3 is 3.06 bits per heavy atom. The third kappa shape index (κ3) is 3.23. The number of aromatic amines is 1. The van der Waals surface area contributed by atoms with E-state index in [-0.39, 0.29) is 5.91 Å². The van der Waals surface area contributed by atoms with Crippen molar-refractivity contribution in [2.45, 2.75) is 26.2 Å². The zero-order valence-corrected chi connectivity index (χ0v) is 11.0. The predicted molar refractivity (Wildman–Crippen MR) is 74.0 cm³/mol. The SMILES string of the molecule is Cc1nc2ccc(NC(=O)CCCCCl)cc2[nH]1. The lowest BCUT2D eigenvalue weighted by molar-refractivity contribution is -0.116. The summed E-state index contributed by atoms with van der Waals surface area (Å²) in [5.74, 6) is 1.50. The van der Waals surface area contributed by atoms with Crippen LogP contribution in [0.2, 0.25) is 0 Å². The Bertz CT molecular complexity index is 550. The molecule has 18 heavy (non-hydrogen) atoms. The molecular weight excluding hydrogens is 250 g/mol. The first-order valence-corrected chi connectivity index (χ1v) is 6.54. The molecule has 0 aliphatic carbocycles. The molecule has 1 amide bonds. The van der Waals surface area contributed by atoms with Gasteiger partial charge in [-0.05, 0) is 38.0 Å². The Kier molecular flexibility index (Phi) is 4.20. The van der Waals surface area contributed by atoms with Crippen molar-refractivity contribution in [1.29, 1.82) is 0 Å². The number of benzene rings is 1. The van der Waals surface area contributed by atoms with Crippen molar-refractivity contribution in [2.24, 2.45) is 0 Å². The van der Waals surface area contributed by atoms with E-state index in [4.69, 9.17) is 11.6 Å². The first-order valence-electron chi connectivity index (χ1n) is 6.01. The number of alkyl halides is 1. The van der Waals surface area contributed by atoms with E-state index in [0.29, 0.717) is 12.3 Å². The van der Waals surface area contributed by atoms with Crippen LogP contribution in [0, 0.1) is 6.92 Å². The van der Waals surface area contributed by atoms with Crippen molar-refractivity contribution in [3.05, 3.63) is 24.0 Å². The predicted octanol–water partition coefficient (Wildman–Crippen LogP) is 3.22. The van der Waals surface area contributed by atoms with E-state index in [9.17, 15) is 4.79 Å². The zero-order valence-electron chi connectivity index (χ0n) is 10.3. The number of carbonyl (C=O) groups excluding carboxylic acids is 1. The number of aromatic nitrogens is 2. The van der Waals surface area contributed by atoms with Gasteiger partial charge in [-0.1, -0.05) is 0 Å². The molecule has 96 valence electrons. The van der Waals surface area contributed by atoms with Gasteiger partial charge in [-0.25, -0.2) is 4.98 Å². The highest BCUT2D eigenvalue weighted by Gasteiger charge is 2.04. The number of hydrogen-bond acceptors (Lipinski definition) is 2. The molecule has 0 unspecified atom stereocenters. The molecule has 2 aromatic rings. The van der Waals surface area contributed by atoms with E-state index >= 15 is 0 Å². The van der Waals surface area contributed by atoms with Crippen molar-refractivity contribution in [3.8, 4) is 0 Å². The number of imidazole rings is 1. The molecule has 0 atom stereocenters. The van der Waals surface area contributed by atoms with E-state index in [1.807, 2.05) is 25.1 Å². The third-order valence-electron chi connectivity index (χ3n) is 2.67. The zero-order chi connectivity index (χ0) is 13.0. The molecule has 0 saturated heterocycles. The lowest BCUT2D eigenvalue weighted by atomic mass is 10.2. The van der Waals surface area contributed by atoms with Gasteiger partial charge in [0.05, 0.1) is 11.0 Å². The largest absolute Gasteiger partial charge is 0.342 e. The minimum absolute atomic E-state index is 0.0238. The van der Waals surface area contributed by atoms with Crippen molar-refractivity contribution in [2.75, 3.05) is 11.2 Å². The Morgan fingerprint density at radius 2 is 2.28 bits per heavy atom. The minimum atomic E-state index is 0.0238. The molecule has 5 heteroatoms. The van der Waals surface area contributed by atoms with E-state index < -0.39 is 0 Å². The molecule has 0 bridgehead atoms. The summed E-state index contributed by atoms with van der Waals surface area (Å²) < 4.78 is 0. The van der Waals surface area contributed by atoms with Crippen molar-refractivity contribution < 1.29 is 4.79 Å². The molecule has 4 nitrogen and oxygen atoms in total. The van der Waals surface area contributed by atoms with E-state index in [0.717, 1.165) is 35.4 Å². The average molecular weight is 266 g/mol. The average Bonchev–Trinajstić information content (AvgIpc) is 2.69. The summed E-state index contributed by atoms with van der Waals surface area (Å²) in [6, 6.07) is 5.66. The maximum absolute atomic E-state index is 11.6. The molecule has 2 N–H and O–H groups in total. The smallest absolute Gasteiger partial charge is 0.224 e. The molecule has 0 aliphatic heterocycles. The normalized spacial score (nSPS) is 10.8. The van der Waals surface area contributed by atoms with E-state index in [1.165, 1.54) is 0 Å². The Morgan fingerprint density at radius 1 is 1.44 bits per heavy atom. The summed E-state index contributed by atoms with van der Waals surface area (Å²) in [5.41, 5.74) is 2.64. The second-order valence-electron chi connectivity index (χ2n) is 4.25. The molecule has 0 aliphatic rings. The maximum Gasteiger partial charge on any atom is 0.224 e. The van der Waals surface area contributed by atoms with Crippen LogP contribution in [0.5, 0.6) is 0 Å². The fourth-order valence-electron chi connectivity index (χ4n) is 1.82. The minimum Gasteiger partial charge on any atom is -0.342 e. The highest BCUT2D eigenvalue weighted by molar-refractivity contribution is 6.17. The lowest BCUT2D eigenvalue weighted by Crippen LogP contribution is -2.10.